The number of rotatable bonds is 9. The lowest BCUT2D eigenvalue weighted by molar-refractivity contribution is -0.136. The van der Waals surface area contributed by atoms with E-state index in [1.807, 2.05) is 0 Å². The minimum Gasteiger partial charge on any atom is -0.493 e. The second-order valence-electron chi connectivity index (χ2n) is 9.77. The van der Waals surface area contributed by atoms with Gasteiger partial charge in [0.25, 0.3) is 5.91 Å². The van der Waals surface area contributed by atoms with Crippen LogP contribution in [0.15, 0.2) is 82.4 Å². The predicted octanol–water partition coefficient (Wildman–Crippen LogP) is 8.28. The Balaban J connectivity index is 1.46. The highest BCUT2D eigenvalue weighted by Crippen LogP contribution is 2.42. The van der Waals surface area contributed by atoms with Crippen molar-refractivity contribution in [1.82, 2.24) is 10.4 Å². The number of hydrogen-bond donors (Lipinski definition) is 2. The fraction of sp³-hybridized carbons (Fsp3) is 0.121. The van der Waals surface area contributed by atoms with Gasteiger partial charge < -0.3 is 23.9 Å². The minimum atomic E-state index is -4.69. The Labute approximate surface area is 279 Å². The van der Waals surface area contributed by atoms with Gasteiger partial charge in [0.05, 0.1) is 44.2 Å². The number of fused-ring (bicyclic) bond motifs is 1. The molecule has 0 saturated heterocycles. The molecule has 4 aromatic carbocycles. The van der Waals surface area contributed by atoms with Crippen LogP contribution in [0.1, 0.15) is 32.0 Å². The number of benzene rings is 4. The van der Waals surface area contributed by atoms with E-state index in [0.29, 0.717) is 15.8 Å². The Morgan fingerprint density at radius 3 is 2.26 bits per heavy atom. The number of esters is 1. The number of nitrogens with one attached hydrogen (secondary N) is 2. The van der Waals surface area contributed by atoms with Crippen molar-refractivity contribution in [3.8, 4) is 34.1 Å². The average molecular weight is 731 g/mol. The summed E-state index contributed by atoms with van der Waals surface area (Å²) in [7, 11) is 4.25. The number of hydrogen-bond acceptors (Lipinski definition) is 7. The first kappa shape index (κ1) is 33.4. The normalized spacial score (nSPS) is 11.5. The number of para-hydroxylation sites is 1. The fourth-order valence-electron chi connectivity index (χ4n) is 4.85. The second kappa shape index (κ2) is 13.8. The zero-order valence-corrected chi connectivity index (χ0v) is 27.1. The first-order valence-corrected chi connectivity index (χ1v) is 14.8. The third kappa shape index (κ3) is 6.91. The zero-order chi connectivity index (χ0) is 33.9. The van der Waals surface area contributed by atoms with Gasteiger partial charge in [-0.1, -0.05) is 57.9 Å². The Morgan fingerprint density at radius 1 is 0.915 bits per heavy atom. The quantitative estimate of drug-likeness (QED) is 0.0684. The summed E-state index contributed by atoms with van der Waals surface area (Å²) in [6.45, 7) is 0. The van der Waals surface area contributed by atoms with Crippen LogP contribution in [0.4, 0.5) is 13.2 Å². The van der Waals surface area contributed by atoms with Crippen LogP contribution >= 0.6 is 27.5 Å². The second-order valence-corrected chi connectivity index (χ2v) is 11.1. The number of carbonyl (C=O) groups is 2. The number of aromatic nitrogens is 1. The Hall–Kier alpha value is -5.01. The van der Waals surface area contributed by atoms with Crippen LogP contribution in [0.25, 0.3) is 22.0 Å². The van der Waals surface area contributed by atoms with Crippen molar-refractivity contribution < 1.29 is 41.7 Å². The van der Waals surface area contributed by atoms with Gasteiger partial charge in [-0.05, 0) is 42.5 Å². The molecular weight excluding hydrogens is 707 g/mol. The van der Waals surface area contributed by atoms with Crippen LogP contribution in [-0.2, 0) is 6.18 Å². The first-order chi connectivity index (χ1) is 22.5. The maximum Gasteiger partial charge on any atom is 0.418 e. The Bertz CT molecular complexity index is 2000. The first-order valence-electron chi connectivity index (χ1n) is 13.6. The molecule has 0 radical (unpaired) electrons. The van der Waals surface area contributed by atoms with E-state index in [1.54, 1.807) is 36.4 Å². The lowest BCUT2D eigenvalue weighted by atomic mass is 10.00. The van der Waals surface area contributed by atoms with Crippen molar-refractivity contribution in [3.05, 3.63) is 105 Å². The molecule has 1 aromatic heterocycles. The van der Waals surface area contributed by atoms with E-state index >= 15 is 0 Å². The summed E-state index contributed by atoms with van der Waals surface area (Å²) >= 11 is 9.77. The van der Waals surface area contributed by atoms with Crippen molar-refractivity contribution >= 4 is 56.5 Å². The summed E-state index contributed by atoms with van der Waals surface area (Å²) in [5.41, 5.74) is 1.83. The topological polar surface area (TPSA) is 111 Å². The molecule has 0 spiro atoms. The maximum absolute atomic E-state index is 13.9. The van der Waals surface area contributed by atoms with Crippen LogP contribution in [0.5, 0.6) is 23.0 Å². The zero-order valence-electron chi connectivity index (χ0n) is 24.8. The van der Waals surface area contributed by atoms with Crippen molar-refractivity contribution in [2.45, 2.75) is 6.18 Å². The molecule has 9 nitrogen and oxygen atoms in total. The van der Waals surface area contributed by atoms with Crippen molar-refractivity contribution in [2.75, 3.05) is 21.3 Å². The third-order valence-electron chi connectivity index (χ3n) is 6.95. The molecular formula is C33H24BrClF3N3O6. The molecule has 0 atom stereocenters. The molecule has 1 heterocycles. The number of nitrogens with zero attached hydrogens (tertiary/aromatic N) is 1. The summed E-state index contributed by atoms with van der Waals surface area (Å²) in [6.07, 6.45) is -3.47. The summed E-state index contributed by atoms with van der Waals surface area (Å²) in [5.74, 6) is -0.730. The monoisotopic (exact) mass is 729 g/mol. The molecule has 0 saturated carbocycles. The number of methoxy groups -OCH3 is 3. The van der Waals surface area contributed by atoms with Crippen molar-refractivity contribution in [1.29, 1.82) is 0 Å². The number of ether oxygens (including phenoxy) is 4. The number of hydrazone groups is 1. The van der Waals surface area contributed by atoms with Crippen molar-refractivity contribution in [3.63, 3.8) is 0 Å². The van der Waals surface area contributed by atoms with E-state index in [4.69, 9.17) is 30.5 Å². The molecule has 2 N–H and O–H groups in total. The number of aromatic amines is 1. The fourth-order valence-corrected chi connectivity index (χ4v) is 5.46. The van der Waals surface area contributed by atoms with Crippen LogP contribution in [0.3, 0.4) is 0 Å². The molecule has 0 aliphatic carbocycles. The van der Waals surface area contributed by atoms with Gasteiger partial charge in [0.2, 0.25) is 5.75 Å². The molecule has 0 bridgehead atoms. The van der Waals surface area contributed by atoms with Gasteiger partial charge in [-0.3, -0.25) is 4.79 Å². The molecule has 47 heavy (non-hydrogen) atoms. The van der Waals surface area contributed by atoms with Crippen LogP contribution in [0.2, 0.25) is 5.02 Å². The van der Waals surface area contributed by atoms with Gasteiger partial charge in [0.1, 0.15) is 11.4 Å². The van der Waals surface area contributed by atoms with Crippen LogP contribution in [0, 0.1) is 0 Å². The summed E-state index contributed by atoms with van der Waals surface area (Å²) in [5, 5.41) is 4.39. The van der Waals surface area contributed by atoms with Gasteiger partial charge in [-0.2, -0.15) is 18.3 Å². The van der Waals surface area contributed by atoms with E-state index < -0.39 is 23.6 Å². The van der Waals surface area contributed by atoms with Crippen LogP contribution in [-0.4, -0.2) is 44.4 Å². The van der Waals surface area contributed by atoms with Gasteiger partial charge in [0, 0.05) is 31.6 Å². The van der Waals surface area contributed by atoms with Gasteiger partial charge in [0.15, 0.2) is 11.5 Å². The maximum atomic E-state index is 13.9. The standard InChI is InChI=1S/C33H24BrClF3N3O6/c1-44-25-14-17(15-26(45-2)30(25)46-3)32(43)47-24-12-11-19(34)13-18(24)16-39-41-31(42)29-27(20-7-4-5-10-23(20)35)21-8-6-9-22(28(21)40-29)33(36,37)38/h4-16,40H,1-3H3,(H,41,42). The highest BCUT2D eigenvalue weighted by Gasteiger charge is 2.35. The molecule has 0 unspecified atom stereocenters. The van der Waals surface area contributed by atoms with Gasteiger partial charge in [-0.25, -0.2) is 10.2 Å². The molecule has 0 fully saturated rings. The molecule has 14 heteroatoms. The Morgan fingerprint density at radius 2 is 1.62 bits per heavy atom. The number of alkyl halides is 3. The molecule has 5 rings (SSSR count). The summed E-state index contributed by atoms with van der Waals surface area (Å²) in [4.78, 5) is 29.2. The molecule has 0 aliphatic heterocycles. The molecule has 0 aliphatic rings. The molecule has 242 valence electrons. The highest BCUT2D eigenvalue weighted by molar-refractivity contribution is 9.10. The van der Waals surface area contributed by atoms with E-state index in [1.165, 1.54) is 57.9 Å². The summed E-state index contributed by atoms with van der Waals surface area (Å²) < 4.78 is 63.8. The smallest absolute Gasteiger partial charge is 0.418 e. The Kier molecular flexibility index (Phi) is 9.77. The minimum absolute atomic E-state index is 0.0853. The number of amides is 1. The molecule has 1 amide bonds. The van der Waals surface area contributed by atoms with E-state index in [0.717, 1.165) is 6.07 Å². The summed E-state index contributed by atoms with van der Waals surface area (Å²) in [6, 6.07) is 17.7. The van der Waals surface area contributed by atoms with Gasteiger partial charge in [-0.15, -0.1) is 0 Å². The third-order valence-corrected chi connectivity index (χ3v) is 7.78. The average Bonchev–Trinajstić information content (AvgIpc) is 3.44. The van der Waals surface area contributed by atoms with E-state index in [-0.39, 0.29) is 55.6 Å². The number of halogens is 5. The number of carbonyl (C=O) groups excluding carboxylic acids is 2. The number of H-pyrrole nitrogens is 1. The van der Waals surface area contributed by atoms with E-state index in [9.17, 15) is 22.8 Å². The van der Waals surface area contributed by atoms with Crippen molar-refractivity contribution in [2.24, 2.45) is 5.10 Å². The molecule has 5 aromatic rings. The highest BCUT2D eigenvalue weighted by atomic mass is 79.9. The van der Waals surface area contributed by atoms with Crippen LogP contribution < -0.4 is 24.4 Å². The van der Waals surface area contributed by atoms with E-state index in [2.05, 4.69) is 31.4 Å². The lowest BCUT2D eigenvalue weighted by Gasteiger charge is -2.14. The largest absolute Gasteiger partial charge is 0.493 e. The van der Waals surface area contributed by atoms with Gasteiger partial charge >= 0.3 is 12.1 Å². The SMILES string of the molecule is COc1cc(C(=O)Oc2ccc(Br)cc2C=NNC(=O)c2[nH]c3c(C(F)(F)F)cccc3c2-c2ccccc2Cl)cc(OC)c1OC. The lowest BCUT2D eigenvalue weighted by Crippen LogP contribution is -2.19. The predicted molar refractivity (Wildman–Crippen MR) is 174 cm³/mol.